The summed E-state index contributed by atoms with van der Waals surface area (Å²) in [7, 11) is 0. The highest BCUT2D eigenvalue weighted by Crippen LogP contribution is 2.14. The number of hydrogen-bond donors (Lipinski definition) is 3. The number of benzene rings is 1. The molecule has 0 saturated carbocycles. The predicted octanol–water partition coefficient (Wildman–Crippen LogP) is 6.77. The predicted molar refractivity (Wildman–Crippen MR) is 118 cm³/mol. The number of phenolic OH excluding ortho intramolecular Hbond substituents is 1. The zero-order valence-corrected chi connectivity index (χ0v) is 17.4. The smallest absolute Gasteiger partial charge is 0.170 e. The van der Waals surface area contributed by atoms with Gasteiger partial charge in [-0.15, -0.1) is 0 Å². The molecule has 1 rings (SSSR count). The van der Waals surface area contributed by atoms with Crippen molar-refractivity contribution in [2.45, 2.75) is 90.4 Å². The second kappa shape index (κ2) is 15.9. The molecule has 1 aromatic rings. The molecule has 0 bridgehead atoms. The molecule has 0 unspecified atom stereocenters. The van der Waals surface area contributed by atoms with Gasteiger partial charge in [0.25, 0.3) is 0 Å². The molecule has 0 spiro atoms. The van der Waals surface area contributed by atoms with Crippen LogP contribution in [0.1, 0.15) is 90.4 Å². The SMILES string of the molecule is CCCCCCCCCCCCCCCNC(=S)Nc1ccc(O)cc1. The van der Waals surface area contributed by atoms with Gasteiger partial charge in [-0.2, -0.15) is 0 Å². The summed E-state index contributed by atoms with van der Waals surface area (Å²) < 4.78 is 0. The zero-order chi connectivity index (χ0) is 18.9. The van der Waals surface area contributed by atoms with E-state index in [2.05, 4.69) is 17.6 Å². The van der Waals surface area contributed by atoms with Crippen molar-refractivity contribution < 1.29 is 5.11 Å². The largest absolute Gasteiger partial charge is 0.508 e. The Hall–Kier alpha value is -1.29. The summed E-state index contributed by atoms with van der Waals surface area (Å²) in [6.45, 7) is 3.20. The van der Waals surface area contributed by atoms with Crippen LogP contribution in [0.4, 0.5) is 5.69 Å². The number of aromatic hydroxyl groups is 1. The van der Waals surface area contributed by atoms with Crippen LogP contribution in [0.3, 0.4) is 0 Å². The Bertz CT molecular complexity index is 462. The molecular weight excluding hydrogens is 340 g/mol. The lowest BCUT2D eigenvalue weighted by Crippen LogP contribution is -2.29. The molecule has 26 heavy (non-hydrogen) atoms. The highest BCUT2D eigenvalue weighted by molar-refractivity contribution is 7.80. The first-order valence-electron chi connectivity index (χ1n) is 10.6. The van der Waals surface area contributed by atoms with Crippen molar-refractivity contribution in [2.75, 3.05) is 11.9 Å². The Balaban J connectivity index is 1.83. The number of rotatable bonds is 15. The first-order chi connectivity index (χ1) is 12.7. The summed E-state index contributed by atoms with van der Waals surface area (Å²) in [4.78, 5) is 0. The van der Waals surface area contributed by atoms with E-state index in [0.717, 1.165) is 18.7 Å². The van der Waals surface area contributed by atoms with E-state index in [9.17, 15) is 5.11 Å². The Morgan fingerprint density at radius 1 is 0.769 bits per heavy atom. The lowest BCUT2D eigenvalue weighted by molar-refractivity contribution is 0.475. The summed E-state index contributed by atoms with van der Waals surface area (Å²) in [5, 5.41) is 16.3. The monoisotopic (exact) mass is 378 g/mol. The lowest BCUT2D eigenvalue weighted by Gasteiger charge is -2.10. The molecule has 0 atom stereocenters. The Morgan fingerprint density at radius 2 is 1.23 bits per heavy atom. The molecule has 0 fully saturated rings. The third-order valence-electron chi connectivity index (χ3n) is 4.69. The van der Waals surface area contributed by atoms with E-state index in [-0.39, 0.29) is 5.75 Å². The molecule has 148 valence electrons. The van der Waals surface area contributed by atoms with Gasteiger partial charge in [0.15, 0.2) is 5.11 Å². The fourth-order valence-electron chi connectivity index (χ4n) is 3.06. The van der Waals surface area contributed by atoms with Crippen molar-refractivity contribution in [3.63, 3.8) is 0 Å². The molecule has 0 aromatic heterocycles. The molecule has 0 amide bonds. The van der Waals surface area contributed by atoms with Crippen LogP contribution < -0.4 is 10.6 Å². The van der Waals surface area contributed by atoms with Gasteiger partial charge in [0, 0.05) is 12.2 Å². The van der Waals surface area contributed by atoms with Gasteiger partial charge in [-0.25, -0.2) is 0 Å². The maximum atomic E-state index is 9.26. The second-order valence-electron chi connectivity index (χ2n) is 7.17. The number of thiocarbonyl (C=S) groups is 1. The van der Waals surface area contributed by atoms with Crippen LogP contribution in [0.25, 0.3) is 0 Å². The molecule has 1 aromatic carbocycles. The fourth-order valence-corrected chi connectivity index (χ4v) is 3.28. The van der Waals surface area contributed by atoms with E-state index in [1.165, 1.54) is 77.0 Å². The van der Waals surface area contributed by atoms with E-state index >= 15 is 0 Å². The second-order valence-corrected chi connectivity index (χ2v) is 7.58. The molecule has 0 heterocycles. The van der Waals surface area contributed by atoms with Gasteiger partial charge in [0.2, 0.25) is 0 Å². The van der Waals surface area contributed by atoms with Crippen molar-refractivity contribution in [3.05, 3.63) is 24.3 Å². The highest BCUT2D eigenvalue weighted by Gasteiger charge is 1.98. The average Bonchev–Trinajstić information content (AvgIpc) is 2.64. The number of unbranched alkanes of at least 4 members (excludes halogenated alkanes) is 12. The summed E-state index contributed by atoms with van der Waals surface area (Å²) in [5.41, 5.74) is 0.894. The topological polar surface area (TPSA) is 44.3 Å². The molecule has 0 aliphatic heterocycles. The average molecular weight is 379 g/mol. The van der Waals surface area contributed by atoms with Crippen LogP contribution in [-0.4, -0.2) is 16.8 Å². The maximum Gasteiger partial charge on any atom is 0.170 e. The van der Waals surface area contributed by atoms with Crippen molar-refractivity contribution >= 4 is 23.0 Å². The summed E-state index contributed by atoms with van der Waals surface area (Å²) in [5.74, 6) is 0.265. The molecule has 0 aliphatic carbocycles. The van der Waals surface area contributed by atoms with Crippen LogP contribution in [-0.2, 0) is 0 Å². The normalized spacial score (nSPS) is 10.7. The van der Waals surface area contributed by atoms with Gasteiger partial charge in [-0.1, -0.05) is 84.0 Å². The van der Waals surface area contributed by atoms with E-state index in [1.807, 2.05) is 12.1 Å². The van der Waals surface area contributed by atoms with E-state index in [0.29, 0.717) is 5.11 Å². The van der Waals surface area contributed by atoms with Crippen LogP contribution in [0.5, 0.6) is 5.75 Å². The molecule has 4 heteroatoms. The maximum absolute atomic E-state index is 9.26. The molecule has 3 nitrogen and oxygen atoms in total. The van der Waals surface area contributed by atoms with Crippen molar-refractivity contribution in [1.29, 1.82) is 0 Å². The minimum absolute atomic E-state index is 0.265. The summed E-state index contributed by atoms with van der Waals surface area (Å²) in [6.07, 6.45) is 17.8. The minimum atomic E-state index is 0.265. The van der Waals surface area contributed by atoms with Crippen LogP contribution in [0, 0.1) is 0 Å². The van der Waals surface area contributed by atoms with Crippen LogP contribution in [0.2, 0.25) is 0 Å². The fraction of sp³-hybridized carbons (Fsp3) is 0.682. The van der Waals surface area contributed by atoms with Gasteiger partial charge in [0.1, 0.15) is 5.75 Å². The van der Waals surface area contributed by atoms with Crippen molar-refractivity contribution in [3.8, 4) is 5.75 Å². The third-order valence-corrected chi connectivity index (χ3v) is 4.94. The van der Waals surface area contributed by atoms with Crippen LogP contribution >= 0.6 is 12.2 Å². The molecule has 0 saturated heterocycles. The highest BCUT2D eigenvalue weighted by atomic mass is 32.1. The first kappa shape index (κ1) is 22.8. The zero-order valence-electron chi connectivity index (χ0n) is 16.6. The number of anilines is 1. The first-order valence-corrected chi connectivity index (χ1v) is 11.0. The summed E-state index contributed by atoms with van der Waals surface area (Å²) >= 11 is 5.28. The number of phenols is 1. The van der Waals surface area contributed by atoms with E-state index in [4.69, 9.17) is 12.2 Å². The van der Waals surface area contributed by atoms with Crippen molar-refractivity contribution in [1.82, 2.24) is 5.32 Å². The number of hydrogen-bond acceptors (Lipinski definition) is 2. The van der Waals surface area contributed by atoms with Gasteiger partial charge in [-0.3, -0.25) is 0 Å². The van der Waals surface area contributed by atoms with Crippen molar-refractivity contribution in [2.24, 2.45) is 0 Å². The van der Waals surface area contributed by atoms with Gasteiger partial charge < -0.3 is 15.7 Å². The van der Waals surface area contributed by atoms with Gasteiger partial charge in [-0.05, 0) is 42.9 Å². The quantitative estimate of drug-likeness (QED) is 0.179. The standard InChI is InChI=1S/C22H38N2OS/c1-2-3-4-5-6-7-8-9-10-11-12-13-14-19-23-22(26)24-20-15-17-21(25)18-16-20/h15-18,25H,2-14,19H2,1H3,(H2,23,24,26). The van der Waals surface area contributed by atoms with E-state index < -0.39 is 0 Å². The Labute approximate surface area is 166 Å². The molecule has 0 aliphatic rings. The molecular formula is C22H38N2OS. The Kier molecular flexibility index (Phi) is 13.9. The number of nitrogens with one attached hydrogen (secondary N) is 2. The molecule has 3 N–H and O–H groups in total. The Morgan fingerprint density at radius 3 is 1.73 bits per heavy atom. The van der Waals surface area contributed by atoms with Crippen LogP contribution in [0.15, 0.2) is 24.3 Å². The lowest BCUT2D eigenvalue weighted by atomic mass is 10.0. The van der Waals surface area contributed by atoms with E-state index in [1.54, 1.807) is 12.1 Å². The summed E-state index contributed by atoms with van der Waals surface area (Å²) in [6, 6.07) is 6.93. The minimum Gasteiger partial charge on any atom is -0.508 e. The van der Waals surface area contributed by atoms with Gasteiger partial charge >= 0.3 is 0 Å². The third kappa shape index (κ3) is 13.0. The van der Waals surface area contributed by atoms with Gasteiger partial charge in [0.05, 0.1) is 0 Å². The molecule has 0 radical (unpaired) electrons.